The smallest absolute Gasteiger partial charge is 0.241 e. The van der Waals surface area contributed by atoms with Gasteiger partial charge in [-0.25, -0.2) is 13.1 Å². The number of piperidine rings is 1. The van der Waals surface area contributed by atoms with E-state index in [4.69, 9.17) is 0 Å². The van der Waals surface area contributed by atoms with Crippen LogP contribution in [0, 0.1) is 0 Å². The Bertz CT molecular complexity index is 743. The van der Waals surface area contributed by atoms with E-state index in [2.05, 4.69) is 17.0 Å². The quantitative estimate of drug-likeness (QED) is 0.903. The molecule has 2 atom stereocenters. The van der Waals surface area contributed by atoms with E-state index >= 15 is 0 Å². The number of rotatable bonds is 3. The van der Waals surface area contributed by atoms with Crippen molar-refractivity contribution in [2.45, 2.75) is 36.7 Å². The number of hydrogen-bond acceptors (Lipinski definition) is 3. The van der Waals surface area contributed by atoms with Gasteiger partial charge in [0.25, 0.3) is 0 Å². The standard InChI is InChI=1S/C16H20N2O2S.ClH/c1-12-11-14(9-10-17-12)18-21(19,20)16-8-4-6-13-5-2-3-7-15(13)16;/h2-8,12,14,17-18H,9-11H2,1H3;1H. The van der Waals surface area contributed by atoms with E-state index in [1.165, 1.54) is 0 Å². The molecule has 0 spiro atoms. The van der Waals surface area contributed by atoms with Crippen molar-refractivity contribution >= 4 is 33.2 Å². The van der Waals surface area contributed by atoms with Gasteiger partial charge in [0.1, 0.15) is 0 Å². The predicted octanol–water partition coefficient (Wildman–Crippen LogP) is 2.68. The van der Waals surface area contributed by atoms with Crippen molar-refractivity contribution < 1.29 is 8.42 Å². The zero-order valence-corrected chi connectivity index (χ0v) is 14.1. The third kappa shape index (κ3) is 3.60. The Morgan fingerprint density at radius 1 is 1.14 bits per heavy atom. The van der Waals surface area contributed by atoms with Crippen LogP contribution in [0.15, 0.2) is 47.4 Å². The van der Waals surface area contributed by atoms with Crippen LogP contribution in [-0.2, 0) is 10.0 Å². The minimum absolute atomic E-state index is 0. The Morgan fingerprint density at radius 3 is 2.64 bits per heavy atom. The Balaban J connectivity index is 0.00000176. The fourth-order valence-electron chi connectivity index (χ4n) is 2.95. The summed E-state index contributed by atoms with van der Waals surface area (Å²) in [4.78, 5) is 0.367. The van der Waals surface area contributed by atoms with E-state index in [-0.39, 0.29) is 18.4 Å². The lowest BCUT2D eigenvalue weighted by atomic mass is 10.0. The van der Waals surface area contributed by atoms with Crippen molar-refractivity contribution in [3.63, 3.8) is 0 Å². The average molecular weight is 341 g/mol. The molecule has 1 heterocycles. The first-order valence-electron chi connectivity index (χ1n) is 7.30. The summed E-state index contributed by atoms with van der Waals surface area (Å²) in [5.74, 6) is 0. The van der Waals surface area contributed by atoms with Crippen LogP contribution in [-0.4, -0.2) is 27.0 Å². The van der Waals surface area contributed by atoms with E-state index in [0.717, 1.165) is 30.2 Å². The van der Waals surface area contributed by atoms with Crippen molar-refractivity contribution in [1.82, 2.24) is 10.0 Å². The number of hydrogen-bond donors (Lipinski definition) is 2. The molecule has 0 aliphatic carbocycles. The molecule has 0 bridgehead atoms. The van der Waals surface area contributed by atoms with Crippen LogP contribution < -0.4 is 10.0 Å². The molecule has 2 unspecified atom stereocenters. The maximum absolute atomic E-state index is 12.7. The predicted molar refractivity (Wildman–Crippen MR) is 92.0 cm³/mol. The highest BCUT2D eigenvalue weighted by Gasteiger charge is 2.25. The van der Waals surface area contributed by atoms with Crippen LogP contribution in [0.5, 0.6) is 0 Å². The maximum Gasteiger partial charge on any atom is 0.241 e. The molecule has 3 rings (SSSR count). The van der Waals surface area contributed by atoms with Gasteiger partial charge in [0.2, 0.25) is 10.0 Å². The van der Waals surface area contributed by atoms with E-state index < -0.39 is 10.0 Å². The van der Waals surface area contributed by atoms with Crippen LogP contribution in [0.2, 0.25) is 0 Å². The summed E-state index contributed by atoms with van der Waals surface area (Å²) < 4.78 is 28.2. The molecule has 0 aromatic heterocycles. The molecule has 1 fully saturated rings. The van der Waals surface area contributed by atoms with Gasteiger partial charge in [-0.2, -0.15) is 0 Å². The first-order chi connectivity index (χ1) is 10.1. The first-order valence-corrected chi connectivity index (χ1v) is 8.78. The second-order valence-corrected chi connectivity index (χ2v) is 7.36. The van der Waals surface area contributed by atoms with E-state index in [1.807, 2.05) is 30.3 Å². The molecular formula is C16H21ClN2O2S. The van der Waals surface area contributed by atoms with Crippen LogP contribution in [0.4, 0.5) is 0 Å². The molecule has 1 aliphatic rings. The monoisotopic (exact) mass is 340 g/mol. The SMILES string of the molecule is CC1CC(NS(=O)(=O)c2cccc3ccccc23)CCN1.Cl. The summed E-state index contributed by atoms with van der Waals surface area (Å²) in [5.41, 5.74) is 0. The van der Waals surface area contributed by atoms with Crippen LogP contribution in [0.3, 0.4) is 0 Å². The summed E-state index contributed by atoms with van der Waals surface area (Å²) in [7, 11) is -3.49. The third-order valence-electron chi connectivity index (χ3n) is 3.98. The second kappa shape index (κ2) is 6.96. The summed E-state index contributed by atoms with van der Waals surface area (Å²) in [5, 5.41) is 5.05. The van der Waals surface area contributed by atoms with Gasteiger partial charge in [-0.05, 0) is 37.8 Å². The lowest BCUT2D eigenvalue weighted by molar-refractivity contribution is 0.361. The Morgan fingerprint density at radius 2 is 1.86 bits per heavy atom. The van der Waals surface area contributed by atoms with Crippen molar-refractivity contribution in [3.8, 4) is 0 Å². The number of benzene rings is 2. The molecule has 0 saturated carbocycles. The lowest BCUT2D eigenvalue weighted by Gasteiger charge is -2.28. The fourth-order valence-corrected chi connectivity index (χ4v) is 4.46. The number of nitrogens with one attached hydrogen (secondary N) is 2. The molecule has 120 valence electrons. The van der Waals surface area contributed by atoms with Gasteiger partial charge < -0.3 is 5.32 Å². The second-order valence-electron chi connectivity index (χ2n) is 5.68. The normalized spacial score (nSPS) is 22.2. The molecule has 1 saturated heterocycles. The van der Waals surface area contributed by atoms with E-state index in [9.17, 15) is 8.42 Å². The Labute approximate surface area is 137 Å². The van der Waals surface area contributed by atoms with Gasteiger partial charge in [-0.3, -0.25) is 0 Å². The Kier molecular flexibility index (Phi) is 5.45. The van der Waals surface area contributed by atoms with E-state index in [0.29, 0.717) is 10.9 Å². The molecular weight excluding hydrogens is 320 g/mol. The van der Waals surface area contributed by atoms with Gasteiger partial charge in [0.05, 0.1) is 4.90 Å². The highest BCUT2D eigenvalue weighted by Crippen LogP contribution is 2.23. The van der Waals surface area contributed by atoms with Gasteiger partial charge in [-0.15, -0.1) is 12.4 Å². The van der Waals surface area contributed by atoms with Crippen molar-refractivity contribution in [1.29, 1.82) is 0 Å². The molecule has 6 heteroatoms. The highest BCUT2D eigenvalue weighted by molar-refractivity contribution is 7.89. The molecule has 2 aromatic rings. The summed E-state index contributed by atoms with van der Waals surface area (Å²) in [6.07, 6.45) is 1.65. The maximum atomic E-state index is 12.7. The zero-order valence-electron chi connectivity index (χ0n) is 12.5. The fraction of sp³-hybridized carbons (Fsp3) is 0.375. The Hall–Kier alpha value is -1.14. The molecule has 0 amide bonds. The molecule has 2 aromatic carbocycles. The molecule has 0 radical (unpaired) electrons. The summed E-state index contributed by atoms with van der Waals surface area (Å²) >= 11 is 0. The first kappa shape index (κ1) is 17.2. The van der Waals surface area contributed by atoms with Gasteiger partial charge in [-0.1, -0.05) is 36.4 Å². The van der Waals surface area contributed by atoms with Crippen molar-refractivity contribution in [2.24, 2.45) is 0 Å². The average Bonchev–Trinajstić information content (AvgIpc) is 2.46. The highest BCUT2D eigenvalue weighted by atomic mass is 35.5. The molecule has 1 aliphatic heterocycles. The number of halogens is 1. The van der Waals surface area contributed by atoms with E-state index in [1.54, 1.807) is 12.1 Å². The molecule has 4 nitrogen and oxygen atoms in total. The van der Waals surface area contributed by atoms with Crippen LogP contribution in [0.1, 0.15) is 19.8 Å². The van der Waals surface area contributed by atoms with Crippen LogP contribution in [0.25, 0.3) is 10.8 Å². The molecule has 2 N–H and O–H groups in total. The zero-order chi connectivity index (χ0) is 14.9. The number of fused-ring (bicyclic) bond motifs is 1. The number of sulfonamides is 1. The molecule has 22 heavy (non-hydrogen) atoms. The summed E-state index contributed by atoms with van der Waals surface area (Å²) in [6, 6.07) is 13.3. The largest absolute Gasteiger partial charge is 0.314 e. The third-order valence-corrected chi connectivity index (χ3v) is 5.56. The van der Waals surface area contributed by atoms with Gasteiger partial charge in [0, 0.05) is 17.5 Å². The minimum Gasteiger partial charge on any atom is -0.314 e. The summed E-state index contributed by atoms with van der Waals surface area (Å²) in [6.45, 7) is 2.93. The lowest BCUT2D eigenvalue weighted by Crippen LogP contribution is -2.46. The van der Waals surface area contributed by atoms with Crippen LogP contribution >= 0.6 is 12.4 Å². The topological polar surface area (TPSA) is 58.2 Å². The van der Waals surface area contributed by atoms with Crippen molar-refractivity contribution in [2.75, 3.05) is 6.54 Å². The van der Waals surface area contributed by atoms with Gasteiger partial charge in [0.15, 0.2) is 0 Å². The van der Waals surface area contributed by atoms with Crippen molar-refractivity contribution in [3.05, 3.63) is 42.5 Å². The van der Waals surface area contributed by atoms with Gasteiger partial charge >= 0.3 is 0 Å². The minimum atomic E-state index is -3.49.